The highest BCUT2D eigenvalue weighted by Gasteiger charge is 2.40. The summed E-state index contributed by atoms with van der Waals surface area (Å²) in [6, 6.07) is 6.51. The van der Waals surface area contributed by atoms with E-state index in [9.17, 15) is 23.3 Å². The molecule has 1 saturated heterocycles. The maximum atomic E-state index is 13.9. The molecular formula is C25H27ClN6O5S2. The molecule has 0 spiro atoms. The molecule has 0 aliphatic carbocycles. The fourth-order valence-electron chi connectivity index (χ4n) is 5.10. The van der Waals surface area contributed by atoms with Crippen LogP contribution >= 0.6 is 22.9 Å². The smallest absolute Gasteiger partial charge is 0.310 e. The third-order valence-electron chi connectivity index (χ3n) is 7.04. The molecule has 2 aliphatic rings. The van der Waals surface area contributed by atoms with Gasteiger partial charge in [0, 0.05) is 60.3 Å². The molecule has 3 aromatic rings. The van der Waals surface area contributed by atoms with E-state index in [4.69, 9.17) is 21.8 Å². The van der Waals surface area contributed by atoms with Gasteiger partial charge in [0.25, 0.3) is 15.9 Å². The van der Waals surface area contributed by atoms with Crippen LogP contribution in [0.15, 0.2) is 26.8 Å². The number of nitrogens with zero attached hydrogens (tertiary/aromatic N) is 5. The highest BCUT2D eigenvalue weighted by molar-refractivity contribution is 7.91. The van der Waals surface area contributed by atoms with Crippen molar-refractivity contribution in [3.63, 3.8) is 0 Å². The van der Waals surface area contributed by atoms with Crippen LogP contribution in [-0.2, 0) is 34.2 Å². The van der Waals surface area contributed by atoms with Crippen LogP contribution in [0.3, 0.4) is 0 Å². The first-order valence-corrected chi connectivity index (χ1v) is 15.1. The highest BCUT2D eigenvalue weighted by atomic mass is 35.5. The van der Waals surface area contributed by atoms with Crippen molar-refractivity contribution in [3.8, 4) is 6.07 Å². The molecule has 1 fully saturated rings. The third kappa shape index (κ3) is 5.39. The molecule has 11 nitrogen and oxygen atoms in total. The second-order valence-electron chi connectivity index (χ2n) is 9.74. The Kier molecular flexibility index (Phi) is 7.67. The Bertz CT molecular complexity index is 1590. The van der Waals surface area contributed by atoms with Gasteiger partial charge in [0.2, 0.25) is 5.91 Å². The molecule has 5 rings (SSSR count). The lowest BCUT2D eigenvalue weighted by Crippen LogP contribution is -2.56. The normalized spacial score (nSPS) is 18.7. The largest absolute Gasteiger partial charge is 0.436 e. The van der Waals surface area contributed by atoms with E-state index >= 15 is 0 Å². The van der Waals surface area contributed by atoms with Crippen molar-refractivity contribution < 1.29 is 22.4 Å². The minimum absolute atomic E-state index is 0.00999. The van der Waals surface area contributed by atoms with Gasteiger partial charge in [0.05, 0.1) is 24.7 Å². The number of thiophene rings is 1. The average Bonchev–Trinajstić information content (AvgIpc) is 3.47. The molecule has 2 N–H and O–H groups in total. The maximum Gasteiger partial charge on any atom is 0.310 e. The minimum Gasteiger partial charge on any atom is -0.436 e. The first-order chi connectivity index (χ1) is 18.6. The van der Waals surface area contributed by atoms with Gasteiger partial charge in [-0.2, -0.15) is 9.57 Å². The average molecular weight is 591 g/mol. The van der Waals surface area contributed by atoms with E-state index in [1.54, 1.807) is 23.1 Å². The van der Waals surface area contributed by atoms with E-state index in [0.29, 0.717) is 39.4 Å². The number of likely N-dealkylation sites (N-methyl/N-ethyl adjacent to an activating group) is 1. The Hall–Kier alpha value is -3.02. The standard InChI is InChI=1S/C25H27ClN6O5S2/c1-30-8-6-19-20(14-30)37-23(29-19)24(34)32-10-9-31(13-16(32)3-2-7-27)39(35,36)25-18(12-22(28)33)17-5-4-15(26)11-21(17)38-25/h4-5,11,16H,2-3,6,8-10,12-14H2,1H3,(H2,28,33). The molecule has 2 aromatic heterocycles. The summed E-state index contributed by atoms with van der Waals surface area (Å²) in [6.07, 6.45) is 0.869. The topological polar surface area (TPSA) is 154 Å². The van der Waals surface area contributed by atoms with Crippen LogP contribution in [0.5, 0.6) is 0 Å². The molecule has 206 valence electrons. The number of nitrogens with two attached hydrogens (primary N) is 1. The van der Waals surface area contributed by atoms with Gasteiger partial charge in [-0.05, 0) is 31.0 Å². The van der Waals surface area contributed by atoms with Crippen LogP contribution in [0.25, 0.3) is 10.1 Å². The summed E-state index contributed by atoms with van der Waals surface area (Å²) in [7, 11) is -2.09. The van der Waals surface area contributed by atoms with Gasteiger partial charge in [-0.3, -0.25) is 14.5 Å². The van der Waals surface area contributed by atoms with E-state index < -0.39 is 27.9 Å². The van der Waals surface area contributed by atoms with Crippen LogP contribution in [-0.4, -0.2) is 78.6 Å². The first-order valence-electron chi connectivity index (χ1n) is 12.4. The zero-order valence-electron chi connectivity index (χ0n) is 21.2. The Morgan fingerprint density at radius 1 is 1.31 bits per heavy atom. The van der Waals surface area contributed by atoms with Crippen LogP contribution in [0.4, 0.5) is 0 Å². The van der Waals surface area contributed by atoms with Gasteiger partial charge in [-0.15, -0.1) is 11.3 Å². The van der Waals surface area contributed by atoms with E-state index in [2.05, 4.69) is 16.0 Å². The Labute approximate surface area is 234 Å². The summed E-state index contributed by atoms with van der Waals surface area (Å²) >= 11 is 7.16. The number of fused-ring (bicyclic) bond motifs is 2. The van der Waals surface area contributed by atoms with Crippen molar-refractivity contribution >= 4 is 54.9 Å². The van der Waals surface area contributed by atoms with Gasteiger partial charge < -0.3 is 15.1 Å². The number of carbonyl (C=O) groups excluding carboxylic acids is 2. The summed E-state index contributed by atoms with van der Waals surface area (Å²) in [4.78, 5) is 33.4. The van der Waals surface area contributed by atoms with Crippen molar-refractivity contribution in [2.24, 2.45) is 5.73 Å². The fourth-order valence-corrected chi connectivity index (χ4v) is 8.75. The van der Waals surface area contributed by atoms with E-state index in [0.717, 1.165) is 23.6 Å². The summed E-state index contributed by atoms with van der Waals surface area (Å²) < 4.78 is 35.6. The van der Waals surface area contributed by atoms with Crippen LogP contribution < -0.4 is 5.73 Å². The molecule has 4 heterocycles. The van der Waals surface area contributed by atoms with Gasteiger partial charge >= 0.3 is 5.91 Å². The SMILES string of the molecule is CN1CCc2nc(C(=O)N3CCN(S(=O)(=O)c4sc5cc(Cl)ccc5c4CC(N)=O)CC3CCC#N)oc2C1. The molecule has 0 radical (unpaired) electrons. The first kappa shape index (κ1) is 27.5. The number of oxazole rings is 1. The Morgan fingerprint density at radius 3 is 2.85 bits per heavy atom. The Balaban J connectivity index is 1.44. The fraction of sp³-hybridized carbons (Fsp3) is 0.440. The molecular weight excluding hydrogens is 564 g/mol. The van der Waals surface area contributed by atoms with Gasteiger partial charge in [-0.25, -0.2) is 13.4 Å². The van der Waals surface area contributed by atoms with Crippen molar-refractivity contribution in [2.45, 2.75) is 42.5 Å². The lowest BCUT2D eigenvalue weighted by Gasteiger charge is -2.40. The van der Waals surface area contributed by atoms with E-state index in [-0.39, 0.29) is 49.0 Å². The molecule has 0 bridgehead atoms. The zero-order chi connectivity index (χ0) is 27.9. The monoisotopic (exact) mass is 590 g/mol. The van der Waals surface area contributed by atoms with Gasteiger partial charge in [0.15, 0.2) is 0 Å². The van der Waals surface area contributed by atoms with Gasteiger partial charge in [0.1, 0.15) is 9.97 Å². The van der Waals surface area contributed by atoms with Crippen molar-refractivity contribution in [2.75, 3.05) is 33.2 Å². The number of halogens is 1. The number of carbonyl (C=O) groups is 2. The predicted molar refractivity (Wildman–Crippen MR) is 145 cm³/mol. The van der Waals surface area contributed by atoms with Crippen LogP contribution in [0, 0.1) is 11.3 Å². The number of amides is 2. The Morgan fingerprint density at radius 2 is 2.10 bits per heavy atom. The minimum atomic E-state index is -4.06. The number of hydrogen-bond donors (Lipinski definition) is 1. The molecule has 1 atom stereocenters. The number of piperazine rings is 1. The zero-order valence-corrected chi connectivity index (χ0v) is 23.6. The van der Waals surface area contributed by atoms with E-state index in [1.165, 1.54) is 4.31 Å². The van der Waals surface area contributed by atoms with E-state index in [1.807, 2.05) is 7.05 Å². The number of hydrogen-bond acceptors (Lipinski definition) is 9. The second kappa shape index (κ2) is 10.9. The number of benzene rings is 1. The van der Waals surface area contributed by atoms with Crippen LogP contribution in [0.2, 0.25) is 5.02 Å². The lowest BCUT2D eigenvalue weighted by molar-refractivity contribution is -0.117. The summed E-state index contributed by atoms with van der Waals surface area (Å²) in [5.74, 6) is -0.423. The number of nitriles is 1. The second-order valence-corrected chi connectivity index (χ2v) is 13.4. The lowest BCUT2D eigenvalue weighted by atomic mass is 10.1. The molecule has 1 aromatic carbocycles. The van der Waals surface area contributed by atoms with Crippen molar-refractivity contribution in [3.05, 3.63) is 46.1 Å². The summed E-state index contributed by atoms with van der Waals surface area (Å²) in [6.45, 7) is 1.50. The molecule has 0 saturated carbocycles. The third-order valence-corrected chi connectivity index (χ3v) is 10.9. The summed E-state index contributed by atoms with van der Waals surface area (Å²) in [5, 5.41) is 10.3. The van der Waals surface area contributed by atoms with Crippen molar-refractivity contribution in [1.29, 1.82) is 5.26 Å². The molecule has 14 heteroatoms. The van der Waals surface area contributed by atoms with Crippen LogP contribution in [0.1, 0.15) is 40.5 Å². The molecule has 2 aliphatic heterocycles. The summed E-state index contributed by atoms with van der Waals surface area (Å²) in [5.41, 5.74) is 6.56. The number of primary amides is 1. The van der Waals surface area contributed by atoms with Gasteiger partial charge in [-0.1, -0.05) is 17.7 Å². The molecule has 2 amide bonds. The maximum absolute atomic E-state index is 13.9. The molecule has 1 unspecified atom stereocenters. The highest BCUT2D eigenvalue weighted by Crippen LogP contribution is 2.38. The number of aromatic nitrogens is 1. The quantitative estimate of drug-likeness (QED) is 0.440. The van der Waals surface area contributed by atoms with Crippen molar-refractivity contribution in [1.82, 2.24) is 19.1 Å². The number of sulfonamides is 1. The number of rotatable bonds is 7. The predicted octanol–water partition coefficient (Wildman–Crippen LogP) is 2.38. The molecule has 39 heavy (non-hydrogen) atoms.